The van der Waals surface area contributed by atoms with Crippen LogP contribution in [0.5, 0.6) is 0 Å². The molecule has 0 amide bonds. The van der Waals surface area contributed by atoms with Crippen molar-refractivity contribution < 1.29 is 9.59 Å². The molecule has 0 aliphatic heterocycles. The van der Waals surface area contributed by atoms with Crippen LogP contribution in [0.4, 0.5) is 0 Å². The number of carbonyl (C=O) groups is 2. The Morgan fingerprint density at radius 3 is 2.64 bits per heavy atom. The zero-order valence-corrected chi connectivity index (χ0v) is 16.7. The van der Waals surface area contributed by atoms with E-state index in [2.05, 4.69) is 22.9 Å². The maximum absolute atomic E-state index is 12.8. The summed E-state index contributed by atoms with van der Waals surface area (Å²) >= 11 is 1.61. The average Bonchev–Trinajstić information content (AvgIpc) is 3.14. The zero-order chi connectivity index (χ0) is 17.7. The van der Waals surface area contributed by atoms with E-state index < -0.39 is 5.41 Å². The second-order valence-electron chi connectivity index (χ2n) is 6.27. The van der Waals surface area contributed by atoms with E-state index in [1.807, 2.05) is 35.7 Å². The molecule has 3 rings (SSSR count). The predicted octanol–water partition coefficient (Wildman–Crippen LogP) is 3.54. The van der Waals surface area contributed by atoms with Crippen LogP contribution in [0.3, 0.4) is 0 Å². The summed E-state index contributed by atoms with van der Waals surface area (Å²) < 4.78 is 1.21. The van der Waals surface area contributed by atoms with E-state index >= 15 is 0 Å². The second kappa shape index (κ2) is 8.15. The Labute approximate surface area is 159 Å². The van der Waals surface area contributed by atoms with Crippen LogP contribution >= 0.6 is 11.3 Å². The van der Waals surface area contributed by atoms with Crippen molar-refractivity contribution in [3.63, 3.8) is 0 Å². The van der Waals surface area contributed by atoms with Crippen molar-refractivity contribution in [3.05, 3.63) is 52.7 Å². The van der Waals surface area contributed by atoms with Crippen LogP contribution in [-0.4, -0.2) is 26.5 Å². The first kappa shape index (κ1) is 18.1. The molecular formula is C21H20O2SSe. The van der Waals surface area contributed by atoms with Gasteiger partial charge < -0.3 is 0 Å². The van der Waals surface area contributed by atoms with Gasteiger partial charge in [0.15, 0.2) is 0 Å². The van der Waals surface area contributed by atoms with Gasteiger partial charge in [-0.25, -0.2) is 0 Å². The van der Waals surface area contributed by atoms with Crippen LogP contribution in [0.25, 0.3) is 0 Å². The van der Waals surface area contributed by atoms with Gasteiger partial charge in [-0.05, 0) is 0 Å². The molecule has 1 aliphatic rings. The Kier molecular flexibility index (Phi) is 5.91. The normalized spacial score (nSPS) is 21.2. The maximum atomic E-state index is 12.8. The fourth-order valence-corrected chi connectivity index (χ4v) is 5.56. The van der Waals surface area contributed by atoms with E-state index in [1.54, 1.807) is 18.3 Å². The molecule has 25 heavy (non-hydrogen) atoms. The number of benzene rings is 1. The third-order valence-electron chi connectivity index (χ3n) is 4.79. The van der Waals surface area contributed by atoms with Gasteiger partial charge in [-0.3, -0.25) is 0 Å². The van der Waals surface area contributed by atoms with Crippen molar-refractivity contribution in [1.29, 1.82) is 0 Å². The molecule has 2 unspecified atom stereocenters. The Hall–Kier alpha value is -1.66. The summed E-state index contributed by atoms with van der Waals surface area (Å²) in [5.74, 6) is 3.07. The van der Waals surface area contributed by atoms with Crippen LogP contribution in [0.1, 0.15) is 43.4 Å². The summed E-state index contributed by atoms with van der Waals surface area (Å²) in [6, 6.07) is 14.1. The van der Waals surface area contributed by atoms with Crippen LogP contribution in [0.2, 0.25) is 0 Å². The number of rotatable bonds is 4. The van der Waals surface area contributed by atoms with Crippen LogP contribution in [0.15, 0.2) is 47.8 Å². The molecule has 0 N–H and O–H groups in total. The number of hydrogen-bond acceptors (Lipinski definition) is 3. The Bertz CT molecular complexity index is 801. The summed E-state index contributed by atoms with van der Waals surface area (Å²) in [6.45, 7) is 1.56. The summed E-state index contributed by atoms with van der Waals surface area (Å²) in [4.78, 5) is 29.8. The Morgan fingerprint density at radius 2 is 2.00 bits per heavy atom. The molecule has 2 atom stereocenters. The SMILES string of the molecule is CC(=O)C1(C(C#C[Se]c2ccccc2)c2cccs2)CCCCC1=O. The molecule has 2 aromatic rings. The molecule has 0 radical (unpaired) electrons. The van der Waals surface area contributed by atoms with Gasteiger partial charge in [-0.2, -0.15) is 0 Å². The van der Waals surface area contributed by atoms with Crippen molar-refractivity contribution in [3.8, 4) is 10.7 Å². The molecule has 4 heteroatoms. The first-order valence-corrected chi connectivity index (χ1v) is 11.0. The minimum atomic E-state index is -0.955. The average molecular weight is 415 g/mol. The number of hydrogen-bond donors (Lipinski definition) is 0. The van der Waals surface area contributed by atoms with E-state index in [-0.39, 0.29) is 32.4 Å². The third kappa shape index (κ3) is 3.80. The topological polar surface area (TPSA) is 34.1 Å². The fourth-order valence-electron chi connectivity index (χ4n) is 3.46. The van der Waals surface area contributed by atoms with Gasteiger partial charge in [-0.1, -0.05) is 0 Å². The third-order valence-corrected chi connectivity index (χ3v) is 7.25. The van der Waals surface area contributed by atoms with Gasteiger partial charge in [0, 0.05) is 0 Å². The molecule has 1 fully saturated rings. The van der Waals surface area contributed by atoms with Crippen LogP contribution < -0.4 is 4.46 Å². The Morgan fingerprint density at radius 1 is 1.20 bits per heavy atom. The van der Waals surface area contributed by atoms with Gasteiger partial charge in [0.2, 0.25) is 0 Å². The van der Waals surface area contributed by atoms with E-state index in [1.165, 1.54) is 4.46 Å². The van der Waals surface area contributed by atoms with Crippen molar-refractivity contribution in [2.24, 2.45) is 5.41 Å². The number of Topliss-reactive ketones (excluding diaryl/α,β-unsaturated/α-hetero) is 2. The zero-order valence-electron chi connectivity index (χ0n) is 14.2. The van der Waals surface area contributed by atoms with Gasteiger partial charge >= 0.3 is 159 Å². The first-order chi connectivity index (χ1) is 12.1. The Balaban J connectivity index is 1.98. The van der Waals surface area contributed by atoms with E-state index in [9.17, 15) is 9.59 Å². The quantitative estimate of drug-likeness (QED) is 0.435. The van der Waals surface area contributed by atoms with E-state index in [0.717, 1.165) is 17.7 Å². The first-order valence-electron chi connectivity index (χ1n) is 8.45. The molecule has 128 valence electrons. The fraction of sp³-hybridized carbons (Fsp3) is 0.333. The number of carbonyl (C=O) groups excluding carboxylic acids is 2. The van der Waals surface area contributed by atoms with Gasteiger partial charge in [0.25, 0.3) is 0 Å². The molecule has 1 aromatic carbocycles. The summed E-state index contributed by atoms with van der Waals surface area (Å²) in [6.07, 6.45) is 2.91. The van der Waals surface area contributed by atoms with E-state index in [0.29, 0.717) is 12.8 Å². The van der Waals surface area contributed by atoms with Crippen molar-refractivity contribution in [2.45, 2.75) is 38.5 Å². The predicted molar refractivity (Wildman–Crippen MR) is 103 cm³/mol. The van der Waals surface area contributed by atoms with Crippen molar-refractivity contribution in [1.82, 2.24) is 0 Å². The molecule has 1 aliphatic carbocycles. The van der Waals surface area contributed by atoms with E-state index in [4.69, 9.17) is 0 Å². The summed E-state index contributed by atoms with van der Waals surface area (Å²) in [7, 11) is 0. The van der Waals surface area contributed by atoms with Crippen LogP contribution in [-0.2, 0) is 9.59 Å². The summed E-state index contributed by atoms with van der Waals surface area (Å²) in [5.41, 5.74) is -0.955. The van der Waals surface area contributed by atoms with Gasteiger partial charge in [0.05, 0.1) is 0 Å². The summed E-state index contributed by atoms with van der Waals surface area (Å²) in [5, 5.41) is 1.99. The molecule has 0 bridgehead atoms. The number of ketones is 2. The molecule has 1 aromatic heterocycles. The molecule has 0 spiro atoms. The monoisotopic (exact) mass is 416 g/mol. The number of thiophene rings is 1. The molecule has 1 heterocycles. The van der Waals surface area contributed by atoms with Crippen molar-refractivity contribution in [2.75, 3.05) is 0 Å². The van der Waals surface area contributed by atoms with Gasteiger partial charge in [0.1, 0.15) is 0 Å². The molecule has 0 saturated heterocycles. The minimum absolute atomic E-state index is 0.0203. The van der Waals surface area contributed by atoms with Crippen molar-refractivity contribution >= 4 is 42.3 Å². The molecule has 1 saturated carbocycles. The second-order valence-corrected chi connectivity index (χ2v) is 9.09. The van der Waals surface area contributed by atoms with Gasteiger partial charge in [-0.15, -0.1) is 0 Å². The molecule has 2 nitrogen and oxygen atoms in total. The standard InChI is InChI=1S/C21H20O2SSe/c1-16(22)21(13-6-5-11-20(21)23)18(19-10-7-14-24-19)12-15-25-17-8-3-2-4-9-17/h2-4,7-10,14,18H,5-6,11,13H2,1H3. The van der Waals surface area contributed by atoms with Crippen LogP contribution in [0, 0.1) is 16.2 Å². The molecular weight excluding hydrogens is 395 g/mol.